The first kappa shape index (κ1) is 13.2. The molecule has 0 aliphatic carbocycles. The second-order valence-electron chi connectivity index (χ2n) is 3.84. The van der Waals surface area contributed by atoms with Crippen molar-refractivity contribution in [2.45, 2.75) is 33.4 Å². The van der Waals surface area contributed by atoms with Gasteiger partial charge >= 0.3 is 5.97 Å². The Balaban J connectivity index is 2.82. The Hall–Kier alpha value is -1.85. The van der Waals surface area contributed by atoms with Crippen molar-refractivity contribution in [1.82, 2.24) is 14.9 Å². The number of carbonyl (C=O) groups excluding carboxylic acids is 2. The molecule has 6 heteroatoms. The second kappa shape index (κ2) is 5.47. The Morgan fingerprint density at radius 3 is 2.59 bits per heavy atom. The summed E-state index contributed by atoms with van der Waals surface area (Å²) in [5, 5.41) is 2.55. The quantitative estimate of drug-likeness (QED) is 0.760. The van der Waals surface area contributed by atoms with Gasteiger partial charge in [0, 0.05) is 12.6 Å². The van der Waals surface area contributed by atoms with Crippen molar-refractivity contribution in [1.29, 1.82) is 0 Å². The summed E-state index contributed by atoms with van der Waals surface area (Å²) >= 11 is 0. The molecule has 0 radical (unpaired) electrons. The van der Waals surface area contributed by atoms with Gasteiger partial charge in [-0.15, -0.1) is 0 Å². The predicted octanol–water partition coefficient (Wildman–Crippen LogP) is 0.178. The minimum absolute atomic E-state index is 0.269. The maximum Gasteiger partial charge on any atom is 0.330 e. The largest absolute Gasteiger partial charge is 0.467 e. The molecule has 0 bridgehead atoms. The smallest absolute Gasteiger partial charge is 0.330 e. The number of aryl methyl sites for hydroxylation is 1. The first-order valence-corrected chi connectivity index (χ1v) is 5.29. The zero-order valence-electron chi connectivity index (χ0n) is 10.5. The van der Waals surface area contributed by atoms with E-state index in [0.29, 0.717) is 6.54 Å². The Morgan fingerprint density at radius 2 is 2.18 bits per heavy atom. The number of imidazole rings is 1. The molecule has 0 fully saturated rings. The maximum atomic E-state index is 11.5. The first-order valence-electron chi connectivity index (χ1n) is 5.29. The van der Waals surface area contributed by atoms with Gasteiger partial charge in [0.25, 0.3) is 0 Å². The highest BCUT2D eigenvalue weighted by Gasteiger charge is 2.21. The van der Waals surface area contributed by atoms with Crippen molar-refractivity contribution in [2.24, 2.45) is 0 Å². The Kier molecular flexibility index (Phi) is 4.25. The normalized spacial score (nSPS) is 12.0. The third kappa shape index (κ3) is 3.30. The first-order chi connectivity index (χ1) is 7.95. The number of nitrogens with one attached hydrogen (secondary N) is 1. The van der Waals surface area contributed by atoms with E-state index in [1.165, 1.54) is 14.0 Å². The molecule has 6 nitrogen and oxygen atoms in total. The summed E-state index contributed by atoms with van der Waals surface area (Å²) in [6.07, 6.45) is 1.64. The monoisotopic (exact) mass is 239 g/mol. The van der Waals surface area contributed by atoms with Crippen LogP contribution in [0.4, 0.5) is 0 Å². The summed E-state index contributed by atoms with van der Waals surface area (Å²) in [6, 6.07) is -0.690. The molecule has 1 heterocycles. The van der Waals surface area contributed by atoms with E-state index < -0.39 is 12.0 Å². The number of nitrogens with zero attached hydrogens (tertiary/aromatic N) is 2. The van der Waals surface area contributed by atoms with Gasteiger partial charge in [-0.3, -0.25) is 4.79 Å². The lowest BCUT2D eigenvalue weighted by molar-refractivity contribution is -0.145. The highest BCUT2D eigenvalue weighted by atomic mass is 16.5. The molecule has 0 spiro atoms. The van der Waals surface area contributed by atoms with Gasteiger partial charge in [-0.2, -0.15) is 0 Å². The van der Waals surface area contributed by atoms with Crippen molar-refractivity contribution in [3.8, 4) is 0 Å². The molecular weight excluding hydrogens is 222 g/mol. The summed E-state index contributed by atoms with van der Waals surface area (Å²) in [5.74, 6) is -0.735. The number of carbonyl (C=O) groups is 2. The minimum Gasteiger partial charge on any atom is -0.467 e. The number of amides is 1. The zero-order chi connectivity index (χ0) is 13.0. The molecule has 94 valence electrons. The van der Waals surface area contributed by atoms with Gasteiger partial charge < -0.3 is 14.6 Å². The number of rotatable bonds is 4. The summed E-state index contributed by atoms with van der Waals surface area (Å²) in [7, 11) is 1.29. The lowest BCUT2D eigenvalue weighted by Gasteiger charge is -2.16. The van der Waals surface area contributed by atoms with Crippen LogP contribution in [0.5, 0.6) is 0 Å². The van der Waals surface area contributed by atoms with E-state index in [1.54, 1.807) is 6.33 Å². The van der Waals surface area contributed by atoms with E-state index in [1.807, 2.05) is 18.4 Å². The van der Waals surface area contributed by atoms with Gasteiger partial charge in [0.1, 0.15) is 6.04 Å². The van der Waals surface area contributed by atoms with Crippen molar-refractivity contribution < 1.29 is 14.3 Å². The SMILES string of the molecule is COC(=O)C(Cn1cnc(C)c1C)NC(C)=O. The van der Waals surface area contributed by atoms with Crippen LogP contribution in [0, 0.1) is 13.8 Å². The van der Waals surface area contributed by atoms with Crippen molar-refractivity contribution >= 4 is 11.9 Å². The molecule has 0 aliphatic rings. The molecule has 1 aromatic rings. The van der Waals surface area contributed by atoms with Crippen molar-refractivity contribution in [2.75, 3.05) is 7.11 Å². The van der Waals surface area contributed by atoms with Crippen molar-refractivity contribution in [3.63, 3.8) is 0 Å². The predicted molar refractivity (Wildman–Crippen MR) is 61.3 cm³/mol. The van der Waals surface area contributed by atoms with Crippen LogP contribution in [0.25, 0.3) is 0 Å². The molecule has 1 aromatic heterocycles. The van der Waals surface area contributed by atoms with Gasteiger partial charge in [-0.05, 0) is 13.8 Å². The maximum absolute atomic E-state index is 11.5. The highest BCUT2D eigenvalue weighted by Crippen LogP contribution is 2.06. The average Bonchev–Trinajstić information content (AvgIpc) is 2.58. The number of methoxy groups -OCH3 is 1. The van der Waals surface area contributed by atoms with Crippen LogP contribution in [-0.2, 0) is 20.9 Å². The third-order valence-corrected chi connectivity index (χ3v) is 2.59. The van der Waals surface area contributed by atoms with Crippen LogP contribution in [-0.4, -0.2) is 34.6 Å². The molecule has 1 rings (SSSR count). The summed E-state index contributed by atoms with van der Waals surface area (Å²) in [5.41, 5.74) is 1.86. The molecule has 0 saturated heterocycles. The van der Waals surface area contributed by atoms with Crippen LogP contribution in [0.15, 0.2) is 6.33 Å². The number of ether oxygens (including phenoxy) is 1. The van der Waals surface area contributed by atoms with E-state index >= 15 is 0 Å². The average molecular weight is 239 g/mol. The Labute approximate surface area is 100.0 Å². The van der Waals surface area contributed by atoms with Gasteiger partial charge in [0.2, 0.25) is 5.91 Å². The number of hydrogen-bond donors (Lipinski definition) is 1. The van der Waals surface area contributed by atoms with Gasteiger partial charge in [-0.1, -0.05) is 0 Å². The minimum atomic E-state index is -0.690. The van der Waals surface area contributed by atoms with Gasteiger partial charge in [0.15, 0.2) is 0 Å². The fraction of sp³-hybridized carbons (Fsp3) is 0.545. The fourth-order valence-electron chi connectivity index (χ4n) is 1.49. The van der Waals surface area contributed by atoms with E-state index in [9.17, 15) is 9.59 Å². The molecule has 1 unspecified atom stereocenters. The number of esters is 1. The molecule has 1 N–H and O–H groups in total. The van der Waals surface area contributed by atoms with E-state index in [2.05, 4.69) is 15.0 Å². The standard InChI is InChI=1S/C11H17N3O3/c1-7-8(2)14(6-12-7)5-10(11(16)17-4)13-9(3)15/h6,10H,5H2,1-4H3,(H,13,15). The highest BCUT2D eigenvalue weighted by molar-refractivity contribution is 5.83. The molecular formula is C11H17N3O3. The molecule has 17 heavy (non-hydrogen) atoms. The van der Waals surface area contributed by atoms with Gasteiger partial charge in [-0.25, -0.2) is 9.78 Å². The van der Waals surface area contributed by atoms with Crippen LogP contribution < -0.4 is 5.32 Å². The molecule has 1 amide bonds. The van der Waals surface area contributed by atoms with E-state index in [4.69, 9.17) is 0 Å². The fourth-order valence-corrected chi connectivity index (χ4v) is 1.49. The second-order valence-corrected chi connectivity index (χ2v) is 3.84. The van der Waals surface area contributed by atoms with Crippen molar-refractivity contribution in [3.05, 3.63) is 17.7 Å². The lowest BCUT2D eigenvalue weighted by Crippen LogP contribution is -2.43. The topological polar surface area (TPSA) is 73.2 Å². The number of aromatic nitrogens is 2. The van der Waals surface area contributed by atoms with E-state index in [-0.39, 0.29) is 5.91 Å². The summed E-state index contributed by atoms with van der Waals surface area (Å²) in [6.45, 7) is 5.47. The summed E-state index contributed by atoms with van der Waals surface area (Å²) in [4.78, 5) is 26.6. The van der Waals surface area contributed by atoms with Crippen LogP contribution in [0.3, 0.4) is 0 Å². The molecule has 1 atom stereocenters. The van der Waals surface area contributed by atoms with Crippen LogP contribution >= 0.6 is 0 Å². The van der Waals surface area contributed by atoms with Gasteiger partial charge in [0.05, 0.1) is 25.7 Å². The van der Waals surface area contributed by atoms with Crippen LogP contribution in [0.1, 0.15) is 18.3 Å². The molecule has 0 aromatic carbocycles. The third-order valence-electron chi connectivity index (χ3n) is 2.59. The lowest BCUT2D eigenvalue weighted by atomic mass is 10.2. The molecule has 0 aliphatic heterocycles. The Bertz CT molecular complexity index is 426. The number of hydrogen-bond acceptors (Lipinski definition) is 4. The van der Waals surface area contributed by atoms with E-state index in [0.717, 1.165) is 11.4 Å². The summed E-state index contributed by atoms with van der Waals surface area (Å²) < 4.78 is 6.46. The zero-order valence-corrected chi connectivity index (χ0v) is 10.5. The molecule has 0 saturated carbocycles. The Morgan fingerprint density at radius 1 is 1.53 bits per heavy atom. The van der Waals surface area contributed by atoms with Crippen LogP contribution in [0.2, 0.25) is 0 Å².